The lowest BCUT2D eigenvalue weighted by Gasteiger charge is -2.32. The van der Waals surface area contributed by atoms with E-state index in [1.54, 1.807) is 0 Å². The fourth-order valence-corrected chi connectivity index (χ4v) is 2.74. The highest BCUT2D eigenvalue weighted by Gasteiger charge is 2.12. The zero-order valence-electron chi connectivity index (χ0n) is 13.5. The van der Waals surface area contributed by atoms with Gasteiger partial charge in [-0.3, -0.25) is 4.90 Å². The zero-order chi connectivity index (χ0) is 14.5. The Balaban J connectivity index is 1.72. The Morgan fingerprint density at radius 3 is 2.30 bits per heavy atom. The molecule has 0 bridgehead atoms. The van der Waals surface area contributed by atoms with E-state index in [4.69, 9.17) is 0 Å². The first kappa shape index (κ1) is 15.5. The number of aryl methyl sites for hydroxylation is 3. The molecule has 0 saturated carbocycles. The highest BCUT2D eigenvalue weighted by Crippen LogP contribution is 2.14. The number of hydrogen-bond donors (Lipinski definition) is 1. The summed E-state index contributed by atoms with van der Waals surface area (Å²) in [6, 6.07) is 4.63. The third kappa shape index (κ3) is 4.30. The topological polar surface area (TPSA) is 18.5 Å². The van der Waals surface area contributed by atoms with E-state index >= 15 is 0 Å². The Hall–Kier alpha value is -0.900. The molecular formula is C17H29N3. The van der Waals surface area contributed by atoms with E-state index in [-0.39, 0.29) is 0 Å². The molecule has 1 heterocycles. The number of nitrogens with one attached hydrogen (secondary N) is 1. The van der Waals surface area contributed by atoms with Crippen LogP contribution >= 0.6 is 0 Å². The van der Waals surface area contributed by atoms with Crippen molar-refractivity contribution in [1.29, 1.82) is 0 Å². The summed E-state index contributed by atoms with van der Waals surface area (Å²) in [6.07, 6.45) is 0. The van der Waals surface area contributed by atoms with Crippen LogP contribution in [0.4, 0.5) is 0 Å². The van der Waals surface area contributed by atoms with Gasteiger partial charge in [0.25, 0.3) is 0 Å². The Labute approximate surface area is 124 Å². The Morgan fingerprint density at radius 1 is 0.950 bits per heavy atom. The smallest absolute Gasteiger partial charge is 0.0208 e. The van der Waals surface area contributed by atoms with Gasteiger partial charge in [0.15, 0.2) is 0 Å². The molecule has 3 nitrogen and oxygen atoms in total. The molecule has 0 amide bonds. The number of piperazine rings is 1. The average molecular weight is 275 g/mol. The van der Waals surface area contributed by atoms with Gasteiger partial charge in [-0.25, -0.2) is 0 Å². The molecule has 0 radical (unpaired) electrons. The molecule has 1 aliphatic rings. The van der Waals surface area contributed by atoms with Crippen molar-refractivity contribution in [2.45, 2.75) is 27.3 Å². The fourth-order valence-electron chi connectivity index (χ4n) is 2.74. The average Bonchev–Trinajstić information content (AvgIpc) is 2.42. The highest BCUT2D eigenvalue weighted by molar-refractivity contribution is 5.36. The molecule has 3 heteroatoms. The first-order valence-electron chi connectivity index (χ1n) is 7.74. The van der Waals surface area contributed by atoms with Crippen LogP contribution in [0.5, 0.6) is 0 Å². The van der Waals surface area contributed by atoms with Gasteiger partial charge in [0.05, 0.1) is 0 Å². The van der Waals surface area contributed by atoms with Gasteiger partial charge in [0.1, 0.15) is 0 Å². The lowest BCUT2D eigenvalue weighted by atomic mass is 10.0. The van der Waals surface area contributed by atoms with Crippen molar-refractivity contribution in [2.24, 2.45) is 0 Å². The quantitative estimate of drug-likeness (QED) is 0.829. The van der Waals surface area contributed by atoms with E-state index in [1.165, 1.54) is 48.4 Å². The van der Waals surface area contributed by atoms with Crippen molar-refractivity contribution in [3.05, 3.63) is 34.4 Å². The Bertz CT molecular complexity index is 434. The molecule has 0 aliphatic carbocycles. The van der Waals surface area contributed by atoms with Gasteiger partial charge in [0.2, 0.25) is 0 Å². The highest BCUT2D eigenvalue weighted by atomic mass is 15.2. The maximum Gasteiger partial charge on any atom is 0.0208 e. The Kier molecular flexibility index (Phi) is 5.58. The second-order valence-corrected chi connectivity index (χ2v) is 6.18. The first-order chi connectivity index (χ1) is 9.56. The molecule has 2 rings (SSSR count). The minimum absolute atomic E-state index is 0.987. The number of nitrogens with zero attached hydrogens (tertiary/aromatic N) is 2. The van der Waals surface area contributed by atoms with Crippen molar-refractivity contribution in [1.82, 2.24) is 15.1 Å². The minimum Gasteiger partial charge on any atom is -0.311 e. The van der Waals surface area contributed by atoms with E-state index in [0.717, 1.165) is 19.6 Å². The van der Waals surface area contributed by atoms with Gasteiger partial charge in [-0.2, -0.15) is 0 Å². The summed E-state index contributed by atoms with van der Waals surface area (Å²) in [7, 11) is 2.21. The molecule has 0 aromatic heterocycles. The summed E-state index contributed by atoms with van der Waals surface area (Å²) >= 11 is 0. The van der Waals surface area contributed by atoms with Crippen LogP contribution in [0.3, 0.4) is 0 Å². The molecular weight excluding hydrogens is 246 g/mol. The lowest BCUT2D eigenvalue weighted by molar-refractivity contribution is 0.154. The molecule has 1 N–H and O–H groups in total. The van der Waals surface area contributed by atoms with Crippen molar-refractivity contribution in [2.75, 3.05) is 46.3 Å². The van der Waals surface area contributed by atoms with Crippen LogP contribution in [0, 0.1) is 20.8 Å². The second kappa shape index (κ2) is 7.21. The molecule has 1 aromatic carbocycles. The van der Waals surface area contributed by atoms with Gasteiger partial charge in [-0.1, -0.05) is 12.1 Å². The molecule has 1 aliphatic heterocycles. The molecule has 20 heavy (non-hydrogen) atoms. The van der Waals surface area contributed by atoms with Crippen LogP contribution in [0.1, 0.15) is 22.3 Å². The fraction of sp³-hybridized carbons (Fsp3) is 0.647. The first-order valence-corrected chi connectivity index (χ1v) is 7.74. The number of rotatable bonds is 5. The van der Waals surface area contributed by atoms with Crippen LogP contribution in [-0.2, 0) is 6.54 Å². The van der Waals surface area contributed by atoms with Gasteiger partial charge >= 0.3 is 0 Å². The lowest BCUT2D eigenvalue weighted by Crippen LogP contribution is -2.46. The zero-order valence-corrected chi connectivity index (χ0v) is 13.5. The van der Waals surface area contributed by atoms with Crippen LogP contribution in [-0.4, -0.2) is 56.1 Å². The number of hydrogen-bond acceptors (Lipinski definition) is 3. The normalized spacial score (nSPS) is 17.6. The predicted molar refractivity (Wildman–Crippen MR) is 86.3 cm³/mol. The van der Waals surface area contributed by atoms with Gasteiger partial charge in [-0.05, 0) is 50.1 Å². The third-order valence-corrected chi connectivity index (χ3v) is 4.47. The van der Waals surface area contributed by atoms with Crippen LogP contribution in [0.25, 0.3) is 0 Å². The van der Waals surface area contributed by atoms with Crippen LogP contribution in [0.15, 0.2) is 12.1 Å². The second-order valence-electron chi connectivity index (χ2n) is 6.18. The molecule has 112 valence electrons. The number of benzene rings is 1. The van der Waals surface area contributed by atoms with Crippen molar-refractivity contribution in [3.8, 4) is 0 Å². The molecule has 1 saturated heterocycles. The largest absolute Gasteiger partial charge is 0.311 e. The van der Waals surface area contributed by atoms with Gasteiger partial charge in [-0.15, -0.1) is 0 Å². The third-order valence-electron chi connectivity index (χ3n) is 4.47. The summed E-state index contributed by atoms with van der Waals surface area (Å²) in [4.78, 5) is 4.96. The van der Waals surface area contributed by atoms with E-state index in [0.29, 0.717) is 0 Å². The SMILES string of the molecule is Cc1cc(C)c(CNCCN2CCN(C)CC2)cc1C. The monoisotopic (exact) mass is 275 g/mol. The summed E-state index contributed by atoms with van der Waals surface area (Å²) in [5.74, 6) is 0. The van der Waals surface area contributed by atoms with E-state index in [2.05, 4.69) is 55.1 Å². The summed E-state index contributed by atoms with van der Waals surface area (Å²) in [6.45, 7) is 14.7. The van der Waals surface area contributed by atoms with Crippen LogP contribution < -0.4 is 5.32 Å². The predicted octanol–water partition coefficient (Wildman–Crippen LogP) is 1.95. The maximum absolute atomic E-state index is 3.59. The molecule has 1 aromatic rings. The molecule has 0 unspecified atom stereocenters. The summed E-state index contributed by atoms with van der Waals surface area (Å²) < 4.78 is 0. The molecule has 0 atom stereocenters. The van der Waals surface area contributed by atoms with E-state index < -0.39 is 0 Å². The maximum atomic E-state index is 3.59. The number of likely N-dealkylation sites (N-methyl/N-ethyl adjacent to an activating group) is 1. The Morgan fingerprint density at radius 2 is 1.60 bits per heavy atom. The standard InChI is InChI=1S/C17H29N3/c1-14-11-16(3)17(12-15(14)2)13-18-5-6-20-9-7-19(4)8-10-20/h11-12,18H,5-10,13H2,1-4H3. The van der Waals surface area contributed by atoms with Gasteiger partial charge < -0.3 is 10.2 Å². The van der Waals surface area contributed by atoms with Gasteiger partial charge in [0, 0.05) is 45.8 Å². The van der Waals surface area contributed by atoms with E-state index in [1.807, 2.05) is 0 Å². The summed E-state index contributed by atoms with van der Waals surface area (Å²) in [5.41, 5.74) is 5.63. The molecule has 0 spiro atoms. The van der Waals surface area contributed by atoms with Crippen molar-refractivity contribution in [3.63, 3.8) is 0 Å². The minimum atomic E-state index is 0.987. The van der Waals surface area contributed by atoms with Crippen LogP contribution in [0.2, 0.25) is 0 Å². The molecule has 1 fully saturated rings. The van der Waals surface area contributed by atoms with Crippen molar-refractivity contribution < 1.29 is 0 Å². The summed E-state index contributed by atoms with van der Waals surface area (Å²) in [5, 5.41) is 3.59. The van der Waals surface area contributed by atoms with Crippen molar-refractivity contribution >= 4 is 0 Å². The van der Waals surface area contributed by atoms with E-state index in [9.17, 15) is 0 Å².